The van der Waals surface area contributed by atoms with Crippen molar-refractivity contribution in [3.05, 3.63) is 38.7 Å². The molecule has 1 aromatic heterocycles. The lowest BCUT2D eigenvalue weighted by atomic mass is 10.1. The van der Waals surface area contributed by atoms with Crippen LogP contribution in [0.1, 0.15) is 52.4 Å². The first kappa shape index (κ1) is 20.7. The van der Waals surface area contributed by atoms with Gasteiger partial charge in [0.05, 0.1) is 23.7 Å². The molecule has 1 aromatic carbocycles. The molecule has 0 spiro atoms. The van der Waals surface area contributed by atoms with Crippen molar-refractivity contribution in [2.75, 3.05) is 13.2 Å². The van der Waals surface area contributed by atoms with Gasteiger partial charge in [-0.1, -0.05) is 39.5 Å². The Bertz CT molecular complexity index is 844. The molecule has 148 valence electrons. The first-order valence-electron chi connectivity index (χ1n) is 9.58. The van der Waals surface area contributed by atoms with Gasteiger partial charge in [-0.05, 0) is 18.9 Å². The molecule has 7 nitrogen and oxygen atoms in total. The molecule has 27 heavy (non-hydrogen) atoms. The first-order valence-corrected chi connectivity index (χ1v) is 9.58. The molecule has 0 aliphatic heterocycles. The third kappa shape index (κ3) is 4.99. The summed E-state index contributed by atoms with van der Waals surface area (Å²) in [5.41, 5.74) is 0.0502. The number of benzene rings is 1. The number of hydrogen-bond acceptors (Lipinski definition) is 5. The number of aryl methyl sites for hydroxylation is 1. The SMILES string of the molecule is CCCCCCOc1c(OCCCC)c2ccc([N+](=O)[O-])cc2n(C)c1=O. The Balaban J connectivity index is 2.46. The topological polar surface area (TPSA) is 83.6 Å². The number of nitro benzene ring substituents is 1. The second kappa shape index (κ2) is 9.94. The Morgan fingerprint density at radius 2 is 1.67 bits per heavy atom. The quantitative estimate of drug-likeness (QED) is 0.325. The van der Waals surface area contributed by atoms with E-state index in [1.165, 1.54) is 16.7 Å². The van der Waals surface area contributed by atoms with Crippen LogP contribution in [0.5, 0.6) is 11.5 Å². The van der Waals surface area contributed by atoms with Gasteiger partial charge in [-0.15, -0.1) is 0 Å². The molecular formula is C20H28N2O5. The largest absolute Gasteiger partial charge is 0.489 e. The summed E-state index contributed by atoms with van der Waals surface area (Å²) in [4.78, 5) is 23.4. The minimum Gasteiger partial charge on any atom is -0.489 e. The van der Waals surface area contributed by atoms with Crippen LogP contribution in [0.2, 0.25) is 0 Å². The van der Waals surface area contributed by atoms with Crippen LogP contribution in [0, 0.1) is 10.1 Å². The summed E-state index contributed by atoms with van der Waals surface area (Å²) in [6.07, 6.45) is 5.97. The van der Waals surface area contributed by atoms with Crippen molar-refractivity contribution in [1.29, 1.82) is 0 Å². The monoisotopic (exact) mass is 376 g/mol. The molecule has 0 N–H and O–H groups in total. The third-order valence-corrected chi connectivity index (χ3v) is 4.49. The standard InChI is InChI=1S/C20H28N2O5/c1-4-6-8-9-13-27-19-18(26-12-7-5-2)16-11-10-15(22(24)25)14-17(16)21(3)20(19)23/h10-11,14H,4-9,12-13H2,1-3H3. The highest BCUT2D eigenvalue weighted by Gasteiger charge is 2.20. The Kier molecular flexibility index (Phi) is 7.64. The zero-order chi connectivity index (χ0) is 19.8. The molecule has 0 atom stereocenters. The summed E-state index contributed by atoms with van der Waals surface area (Å²) < 4.78 is 13.1. The van der Waals surface area contributed by atoms with Crippen LogP contribution in [-0.2, 0) is 7.05 Å². The van der Waals surface area contributed by atoms with Crippen molar-refractivity contribution in [1.82, 2.24) is 4.57 Å². The van der Waals surface area contributed by atoms with Gasteiger partial charge < -0.3 is 14.0 Å². The average Bonchev–Trinajstić information content (AvgIpc) is 2.66. The number of ether oxygens (including phenoxy) is 2. The molecule has 0 amide bonds. The van der Waals surface area contributed by atoms with Crippen molar-refractivity contribution in [3.8, 4) is 11.5 Å². The van der Waals surface area contributed by atoms with Gasteiger partial charge in [0.15, 0.2) is 5.75 Å². The van der Waals surface area contributed by atoms with Crippen LogP contribution in [-0.4, -0.2) is 22.7 Å². The van der Waals surface area contributed by atoms with Gasteiger partial charge in [-0.25, -0.2) is 0 Å². The van der Waals surface area contributed by atoms with E-state index in [1.54, 1.807) is 13.1 Å². The lowest BCUT2D eigenvalue weighted by Crippen LogP contribution is -2.21. The zero-order valence-corrected chi connectivity index (χ0v) is 16.3. The Morgan fingerprint density at radius 3 is 2.33 bits per heavy atom. The van der Waals surface area contributed by atoms with Crippen LogP contribution in [0.25, 0.3) is 10.9 Å². The fourth-order valence-corrected chi connectivity index (χ4v) is 2.88. The molecule has 0 aliphatic rings. The fraction of sp³-hybridized carbons (Fsp3) is 0.550. The molecule has 2 rings (SSSR count). The minimum absolute atomic E-state index is 0.0646. The Hall–Kier alpha value is -2.57. The van der Waals surface area contributed by atoms with Gasteiger partial charge in [0.1, 0.15) is 0 Å². The number of unbranched alkanes of at least 4 members (excludes halogenated alkanes) is 4. The summed E-state index contributed by atoms with van der Waals surface area (Å²) >= 11 is 0. The predicted molar refractivity (Wildman–Crippen MR) is 106 cm³/mol. The number of nitro groups is 1. The molecule has 1 heterocycles. The lowest BCUT2D eigenvalue weighted by Gasteiger charge is -2.17. The zero-order valence-electron chi connectivity index (χ0n) is 16.3. The van der Waals surface area contributed by atoms with Crippen LogP contribution < -0.4 is 15.0 Å². The number of hydrogen-bond donors (Lipinski definition) is 0. The van der Waals surface area contributed by atoms with Crippen LogP contribution in [0.3, 0.4) is 0 Å². The molecular weight excluding hydrogens is 348 g/mol. The van der Waals surface area contributed by atoms with Crippen LogP contribution in [0.15, 0.2) is 23.0 Å². The van der Waals surface area contributed by atoms with Crippen LogP contribution >= 0.6 is 0 Å². The molecule has 0 bridgehead atoms. The van der Waals surface area contributed by atoms with Crippen molar-refractivity contribution in [3.63, 3.8) is 0 Å². The van der Waals surface area contributed by atoms with Gasteiger partial charge >= 0.3 is 0 Å². The smallest absolute Gasteiger partial charge is 0.297 e. The number of aromatic nitrogens is 1. The van der Waals surface area contributed by atoms with Gasteiger partial charge in [-0.2, -0.15) is 0 Å². The highest BCUT2D eigenvalue weighted by molar-refractivity contribution is 5.89. The summed E-state index contributed by atoms with van der Waals surface area (Å²) in [5.74, 6) is 0.568. The summed E-state index contributed by atoms with van der Waals surface area (Å²) in [7, 11) is 1.59. The van der Waals surface area contributed by atoms with Gasteiger partial charge in [-0.3, -0.25) is 14.9 Å². The van der Waals surface area contributed by atoms with E-state index in [0.717, 1.165) is 38.5 Å². The molecule has 0 saturated carbocycles. The predicted octanol–water partition coefficient (Wildman–Crippen LogP) is 4.58. The molecule has 0 saturated heterocycles. The number of pyridine rings is 1. The molecule has 0 radical (unpaired) electrons. The molecule has 0 aliphatic carbocycles. The second-order valence-corrected chi connectivity index (χ2v) is 6.59. The summed E-state index contributed by atoms with van der Waals surface area (Å²) in [6, 6.07) is 4.44. The molecule has 7 heteroatoms. The highest BCUT2D eigenvalue weighted by Crippen LogP contribution is 2.34. The van der Waals surface area contributed by atoms with Crippen molar-refractivity contribution < 1.29 is 14.4 Å². The van der Waals surface area contributed by atoms with Crippen molar-refractivity contribution >= 4 is 16.6 Å². The summed E-state index contributed by atoms with van der Waals surface area (Å²) in [5, 5.41) is 11.7. The number of nitrogens with zero attached hydrogens (tertiary/aromatic N) is 2. The number of fused-ring (bicyclic) bond motifs is 1. The Morgan fingerprint density at radius 1 is 1.00 bits per heavy atom. The van der Waals surface area contributed by atoms with Crippen LogP contribution in [0.4, 0.5) is 5.69 Å². The average molecular weight is 376 g/mol. The maximum atomic E-state index is 12.8. The summed E-state index contributed by atoms with van der Waals surface area (Å²) in [6.45, 7) is 5.10. The van der Waals surface area contributed by atoms with E-state index < -0.39 is 4.92 Å². The highest BCUT2D eigenvalue weighted by atomic mass is 16.6. The van der Waals surface area contributed by atoms with E-state index in [1.807, 2.05) is 0 Å². The van der Waals surface area contributed by atoms with Crippen molar-refractivity contribution in [2.24, 2.45) is 7.05 Å². The number of rotatable bonds is 11. The second-order valence-electron chi connectivity index (χ2n) is 6.59. The van der Waals surface area contributed by atoms with Gasteiger partial charge in [0, 0.05) is 24.6 Å². The maximum absolute atomic E-state index is 12.8. The first-order chi connectivity index (χ1) is 13.0. The van der Waals surface area contributed by atoms with E-state index >= 15 is 0 Å². The molecule has 0 unspecified atom stereocenters. The van der Waals surface area contributed by atoms with E-state index in [4.69, 9.17) is 9.47 Å². The molecule has 2 aromatic rings. The third-order valence-electron chi connectivity index (χ3n) is 4.49. The van der Waals surface area contributed by atoms with E-state index in [9.17, 15) is 14.9 Å². The molecule has 0 fully saturated rings. The number of non-ortho nitro benzene ring substituents is 1. The maximum Gasteiger partial charge on any atom is 0.297 e. The van der Waals surface area contributed by atoms with E-state index in [0.29, 0.717) is 29.9 Å². The Labute approximate surface area is 159 Å². The minimum atomic E-state index is -0.473. The van der Waals surface area contributed by atoms with Crippen molar-refractivity contribution in [2.45, 2.75) is 52.4 Å². The van der Waals surface area contributed by atoms with Gasteiger partial charge in [0.2, 0.25) is 5.75 Å². The van der Waals surface area contributed by atoms with E-state index in [-0.39, 0.29) is 17.0 Å². The fourth-order valence-electron chi connectivity index (χ4n) is 2.88. The lowest BCUT2D eigenvalue weighted by molar-refractivity contribution is -0.384. The van der Waals surface area contributed by atoms with Gasteiger partial charge in [0.25, 0.3) is 11.2 Å². The van der Waals surface area contributed by atoms with E-state index in [2.05, 4.69) is 13.8 Å². The normalized spacial score (nSPS) is 10.9.